The Hall–Kier alpha value is -1.58. The minimum absolute atomic E-state index is 0.124. The van der Waals surface area contributed by atoms with Crippen molar-refractivity contribution in [3.63, 3.8) is 0 Å². The average molecular weight is 305 g/mol. The van der Waals surface area contributed by atoms with E-state index in [1.54, 1.807) is 4.31 Å². The summed E-state index contributed by atoms with van der Waals surface area (Å²) in [5.41, 5.74) is 6.41. The third-order valence-electron chi connectivity index (χ3n) is 4.67. The molecule has 5 nitrogen and oxygen atoms in total. The fraction of sp³-hybridized carbons (Fsp3) is 0.533. The minimum atomic E-state index is -3.57. The average Bonchev–Trinajstić information content (AvgIpc) is 2.94. The molecule has 1 saturated heterocycles. The molecule has 0 spiro atoms. The maximum absolute atomic E-state index is 12.9. The zero-order valence-corrected chi connectivity index (χ0v) is 12.6. The Kier molecular flexibility index (Phi) is 3.64. The molecule has 1 aliphatic carbocycles. The van der Waals surface area contributed by atoms with Gasteiger partial charge in [-0.15, -0.1) is 0 Å². The molecule has 1 aromatic rings. The summed E-state index contributed by atoms with van der Waals surface area (Å²) in [6.45, 7) is 0.572. The SMILES string of the molecule is N#Cc1ccc(S(=O)(=O)N2CCCC3CCCC32)c(N)c1. The fourth-order valence-electron chi connectivity index (χ4n) is 3.69. The summed E-state index contributed by atoms with van der Waals surface area (Å²) < 4.78 is 27.5. The molecule has 1 saturated carbocycles. The maximum Gasteiger partial charge on any atom is 0.245 e. The molecule has 0 aromatic heterocycles. The molecule has 0 radical (unpaired) electrons. The summed E-state index contributed by atoms with van der Waals surface area (Å²) in [5.74, 6) is 0.494. The molecule has 6 heteroatoms. The highest BCUT2D eigenvalue weighted by Gasteiger charge is 2.41. The van der Waals surface area contributed by atoms with Crippen LogP contribution in [0, 0.1) is 17.2 Å². The van der Waals surface area contributed by atoms with Crippen molar-refractivity contribution in [2.75, 3.05) is 12.3 Å². The van der Waals surface area contributed by atoms with Crippen molar-refractivity contribution in [2.45, 2.75) is 43.0 Å². The van der Waals surface area contributed by atoms with Gasteiger partial charge in [-0.2, -0.15) is 9.57 Å². The number of fused-ring (bicyclic) bond motifs is 1. The first kappa shape index (κ1) is 14.4. The zero-order chi connectivity index (χ0) is 15.0. The smallest absolute Gasteiger partial charge is 0.245 e. The van der Waals surface area contributed by atoms with E-state index in [1.807, 2.05) is 6.07 Å². The van der Waals surface area contributed by atoms with E-state index in [9.17, 15) is 8.42 Å². The Labute approximate surface area is 125 Å². The van der Waals surface area contributed by atoms with Gasteiger partial charge in [0.05, 0.1) is 17.3 Å². The highest BCUT2D eigenvalue weighted by Crippen LogP contribution is 2.40. The first-order valence-corrected chi connectivity index (χ1v) is 8.79. The molecule has 2 N–H and O–H groups in total. The second-order valence-corrected chi connectivity index (χ2v) is 7.74. The van der Waals surface area contributed by atoms with Crippen LogP contribution in [0.2, 0.25) is 0 Å². The summed E-state index contributed by atoms with van der Waals surface area (Å²) >= 11 is 0. The second-order valence-electron chi connectivity index (χ2n) is 5.88. The van der Waals surface area contributed by atoms with Gasteiger partial charge in [0.2, 0.25) is 10.0 Å². The number of rotatable bonds is 2. The number of nitrogens with two attached hydrogens (primary N) is 1. The van der Waals surface area contributed by atoms with Gasteiger partial charge in [0, 0.05) is 12.6 Å². The lowest BCUT2D eigenvalue weighted by atomic mass is 9.94. The number of hydrogen-bond acceptors (Lipinski definition) is 4. The van der Waals surface area contributed by atoms with Crippen LogP contribution in [0.1, 0.15) is 37.7 Å². The van der Waals surface area contributed by atoms with E-state index in [0.717, 1.165) is 32.1 Å². The van der Waals surface area contributed by atoms with E-state index in [1.165, 1.54) is 18.2 Å². The molecular formula is C15H19N3O2S. The molecule has 2 fully saturated rings. The lowest BCUT2D eigenvalue weighted by Crippen LogP contribution is -2.46. The van der Waals surface area contributed by atoms with Gasteiger partial charge in [-0.25, -0.2) is 8.42 Å². The second kappa shape index (κ2) is 5.32. The zero-order valence-electron chi connectivity index (χ0n) is 11.8. The Bertz CT molecular complexity index is 693. The van der Waals surface area contributed by atoms with Gasteiger partial charge in [0.25, 0.3) is 0 Å². The third-order valence-corrected chi connectivity index (χ3v) is 6.67. The summed E-state index contributed by atoms with van der Waals surface area (Å²) in [6.07, 6.45) is 5.21. The number of nitrogens with zero attached hydrogens (tertiary/aromatic N) is 2. The first-order valence-electron chi connectivity index (χ1n) is 7.35. The molecule has 21 heavy (non-hydrogen) atoms. The topological polar surface area (TPSA) is 87.2 Å². The Morgan fingerprint density at radius 2 is 2.00 bits per heavy atom. The van der Waals surface area contributed by atoms with Crippen molar-refractivity contribution in [1.82, 2.24) is 4.31 Å². The van der Waals surface area contributed by atoms with Crippen molar-refractivity contribution in [3.8, 4) is 6.07 Å². The molecule has 2 atom stereocenters. The molecule has 0 bridgehead atoms. The summed E-state index contributed by atoms with van der Waals surface area (Å²) in [5, 5.41) is 8.86. The van der Waals surface area contributed by atoms with E-state index in [4.69, 9.17) is 11.0 Å². The van der Waals surface area contributed by atoms with Gasteiger partial charge < -0.3 is 5.73 Å². The Balaban J connectivity index is 1.98. The quantitative estimate of drug-likeness (QED) is 0.848. The predicted octanol–water partition coefficient (Wildman–Crippen LogP) is 2.09. The van der Waals surface area contributed by atoms with Crippen LogP contribution in [0.3, 0.4) is 0 Å². The Morgan fingerprint density at radius 3 is 2.71 bits per heavy atom. The van der Waals surface area contributed by atoms with E-state index < -0.39 is 10.0 Å². The fourth-order valence-corrected chi connectivity index (χ4v) is 5.54. The molecule has 112 valence electrons. The molecule has 2 unspecified atom stereocenters. The standard InChI is InChI=1S/C15H19N3O2S/c16-10-11-6-7-15(13(17)9-11)21(19,20)18-8-2-4-12-3-1-5-14(12)18/h6-7,9,12,14H,1-5,8,17H2. The number of piperidine rings is 1. The van der Waals surface area contributed by atoms with E-state index >= 15 is 0 Å². The van der Waals surface area contributed by atoms with Crippen molar-refractivity contribution < 1.29 is 8.42 Å². The predicted molar refractivity (Wildman–Crippen MR) is 79.8 cm³/mol. The number of nitrogen functional groups attached to an aromatic ring is 1. The highest BCUT2D eigenvalue weighted by molar-refractivity contribution is 7.89. The number of sulfonamides is 1. The molecule has 0 amide bonds. The molecular weight excluding hydrogens is 286 g/mol. The summed E-state index contributed by atoms with van der Waals surface area (Å²) in [4.78, 5) is 0.133. The van der Waals surface area contributed by atoms with Crippen LogP contribution in [-0.4, -0.2) is 25.3 Å². The van der Waals surface area contributed by atoms with Crippen molar-refractivity contribution in [3.05, 3.63) is 23.8 Å². The number of benzene rings is 1. The van der Waals surface area contributed by atoms with Crippen LogP contribution in [-0.2, 0) is 10.0 Å². The largest absolute Gasteiger partial charge is 0.398 e. The van der Waals surface area contributed by atoms with Gasteiger partial charge in [0.15, 0.2) is 0 Å². The number of anilines is 1. The van der Waals surface area contributed by atoms with Crippen molar-refractivity contribution in [2.24, 2.45) is 5.92 Å². The maximum atomic E-state index is 12.9. The van der Waals surface area contributed by atoms with Crippen LogP contribution in [0.4, 0.5) is 5.69 Å². The van der Waals surface area contributed by atoms with Gasteiger partial charge in [-0.3, -0.25) is 0 Å². The van der Waals surface area contributed by atoms with Gasteiger partial charge >= 0.3 is 0 Å². The van der Waals surface area contributed by atoms with Crippen LogP contribution in [0.25, 0.3) is 0 Å². The molecule has 1 heterocycles. The van der Waals surface area contributed by atoms with E-state index in [2.05, 4.69) is 0 Å². The lowest BCUT2D eigenvalue weighted by Gasteiger charge is -2.36. The Morgan fingerprint density at radius 1 is 1.24 bits per heavy atom. The van der Waals surface area contributed by atoms with E-state index in [0.29, 0.717) is 18.0 Å². The first-order chi connectivity index (χ1) is 10.0. The van der Waals surface area contributed by atoms with Crippen molar-refractivity contribution >= 4 is 15.7 Å². The van der Waals surface area contributed by atoms with Crippen molar-refractivity contribution in [1.29, 1.82) is 5.26 Å². The van der Waals surface area contributed by atoms with Crippen LogP contribution < -0.4 is 5.73 Å². The van der Waals surface area contributed by atoms with Gasteiger partial charge in [-0.05, 0) is 49.8 Å². The molecule has 1 aromatic carbocycles. The van der Waals surface area contributed by atoms with Crippen LogP contribution >= 0.6 is 0 Å². The molecule has 3 rings (SSSR count). The van der Waals surface area contributed by atoms with Crippen LogP contribution in [0.15, 0.2) is 23.1 Å². The lowest BCUT2D eigenvalue weighted by molar-refractivity contribution is 0.202. The van der Waals surface area contributed by atoms with Gasteiger partial charge in [-0.1, -0.05) is 6.42 Å². The minimum Gasteiger partial charge on any atom is -0.398 e. The number of nitriles is 1. The monoisotopic (exact) mass is 305 g/mol. The number of hydrogen-bond donors (Lipinski definition) is 1. The van der Waals surface area contributed by atoms with Crippen LogP contribution in [0.5, 0.6) is 0 Å². The third kappa shape index (κ3) is 2.41. The van der Waals surface area contributed by atoms with E-state index in [-0.39, 0.29) is 16.6 Å². The highest BCUT2D eigenvalue weighted by atomic mass is 32.2. The summed E-state index contributed by atoms with van der Waals surface area (Å²) in [7, 11) is -3.57. The molecule has 2 aliphatic rings. The molecule has 1 aliphatic heterocycles. The normalized spacial score (nSPS) is 26.2. The van der Waals surface area contributed by atoms with Gasteiger partial charge in [0.1, 0.15) is 4.90 Å². The summed E-state index contributed by atoms with van der Waals surface area (Å²) in [6, 6.07) is 6.51.